The van der Waals surface area contributed by atoms with Gasteiger partial charge in [0.2, 0.25) is 0 Å². The second-order valence-electron chi connectivity index (χ2n) is 6.66. The summed E-state index contributed by atoms with van der Waals surface area (Å²) in [6.07, 6.45) is 7.58. The Labute approximate surface area is 94.5 Å². The van der Waals surface area contributed by atoms with Crippen LogP contribution in [0.1, 0.15) is 53.4 Å². The molecule has 0 bridgehead atoms. The van der Waals surface area contributed by atoms with E-state index in [2.05, 4.69) is 40.3 Å². The molecule has 15 heavy (non-hydrogen) atoms. The van der Waals surface area contributed by atoms with Gasteiger partial charge in [0.05, 0.1) is 0 Å². The topological polar surface area (TPSA) is 0 Å². The highest BCUT2D eigenvalue weighted by atomic mass is 14.5. The van der Waals surface area contributed by atoms with Gasteiger partial charge < -0.3 is 0 Å². The number of hydrogen-bond acceptors (Lipinski definition) is 0. The summed E-state index contributed by atoms with van der Waals surface area (Å²) in [5.41, 5.74) is 3.99. The van der Waals surface area contributed by atoms with Crippen molar-refractivity contribution in [3.05, 3.63) is 23.8 Å². The molecular weight excluding hydrogens is 180 g/mol. The van der Waals surface area contributed by atoms with Gasteiger partial charge in [0.25, 0.3) is 0 Å². The van der Waals surface area contributed by atoms with E-state index in [1.54, 1.807) is 5.57 Å². The Hall–Kier alpha value is -0.520. The zero-order chi connectivity index (χ0) is 11.3. The van der Waals surface area contributed by atoms with Crippen molar-refractivity contribution >= 4 is 0 Å². The van der Waals surface area contributed by atoms with E-state index >= 15 is 0 Å². The Morgan fingerprint density at radius 2 is 1.87 bits per heavy atom. The monoisotopic (exact) mass is 204 g/mol. The number of fused-ring (bicyclic) bond motifs is 1. The average Bonchev–Trinajstić information content (AvgIpc) is 2.11. The molecule has 0 spiro atoms. The van der Waals surface area contributed by atoms with Gasteiger partial charge in [-0.2, -0.15) is 0 Å². The first-order valence-electron chi connectivity index (χ1n) is 6.23. The smallest absolute Gasteiger partial charge is 0.00609 e. The van der Waals surface area contributed by atoms with E-state index in [0.717, 1.165) is 0 Å². The van der Waals surface area contributed by atoms with Crippen LogP contribution in [-0.4, -0.2) is 0 Å². The third-order valence-corrected chi connectivity index (χ3v) is 4.51. The van der Waals surface area contributed by atoms with Gasteiger partial charge in [-0.1, -0.05) is 51.5 Å². The minimum Gasteiger partial charge on any atom is -0.0992 e. The molecule has 2 aliphatic carbocycles. The van der Waals surface area contributed by atoms with Gasteiger partial charge in [0.1, 0.15) is 0 Å². The van der Waals surface area contributed by atoms with Crippen molar-refractivity contribution < 1.29 is 0 Å². The number of hydrogen-bond donors (Lipinski definition) is 0. The minimum atomic E-state index is 0.406. The molecule has 2 rings (SSSR count). The highest BCUT2D eigenvalue weighted by Crippen LogP contribution is 2.55. The molecule has 1 atom stereocenters. The average molecular weight is 204 g/mol. The zero-order valence-electron chi connectivity index (χ0n) is 10.7. The number of allylic oxidation sites excluding steroid dienone is 3. The van der Waals surface area contributed by atoms with Crippen LogP contribution in [0.5, 0.6) is 0 Å². The maximum Gasteiger partial charge on any atom is 0.00609 e. The summed E-state index contributed by atoms with van der Waals surface area (Å²) >= 11 is 0. The van der Waals surface area contributed by atoms with Crippen molar-refractivity contribution in [2.75, 3.05) is 0 Å². The summed E-state index contributed by atoms with van der Waals surface area (Å²) in [4.78, 5) is 0. The molecule has 0 nitrogen and oxygen atoms in total. The minimum absolute atomic E-state index is 0.406. The predicted octanol–water partition coefficient (Wildman–Crippen LogP) is 4.73. The Kier molecular flexibility index (Phi) is 2.37. The first-order valence-corrected chi connectivity index (χ1v) is 6.23. The van der Waals surface area contributed by atoms with E-state index in [0.29, 0.717) is 16.7 Å². The standard InChI is InChI=1S/C15H24/c1-11-8-10-14(2,3)12-7-6-9-15(4,5)13(11)12/h7,13H,1,6,8-10H2,2-5H3. The molecule has 0 radical (unpaired) electrons. The highest BCUT2D eigenvalue weighted by molar-refractivity contribution is 5.33. The Bertz CT molecular complexity index is 315. The van der Waals surface area contributed by atoms with Gasteiger partial charge >= 0.3 is 0 Å². The fourth-order valence-electron chi connectivity index (χ4n) is 3.48. The van der Waals surface area contributed by atoms with Crippen molar-refractivity contribution in [2.24, 2.45) is 16.7 Å². The first kappa shape index (κ1) is 11.0. The van der Waals surface area contributed by atoms with Crippen LogP contribution in [0.25, 0.3) is 0 Å². The van der Waals surface area contributed by atoms with Crippen LogP contribution in [0.3, 0.4) is 0 Å². The van der Waals surface area contributed by atoms with E-state index in [9.17, 15) is 0 Å². The molecule has 0 heterocycles. The van der Waals surface area contributed by atoms with Crippen LogP contribution in [0.4, 0.5) is 0 Å². The van der Waals surface area contributed by atoms with Gasteiger partial charge in [0.15, 0.2) is 0 Å². The molecule has 0 aromatic carbocycles. The van der Waals surface area contributed by atoms with E-state index in [1.807, 2.05) is 0 Å². The van der Waals surface area contributed by atoms with Gasteiger partial charge in [-0.15, -0.1) is 0 Å². The third kappa shape index (κ3) is 1.68. The van der Waals surface area contributed by atoms with Crippen molar-refractivity contribution in [2.45, 2.75) is 53.4 Å². The molecule has 1 unspecified atom stereocenters. The van der Waals surface area contributed by atoms with Gasteiger partial charge in [0, 0.05) is 5.92 Å². The lowest BCUT2D eigenvalue weighted by Crippen LogP contribution is -2.38. The van der Waals surface area contributed by atoms with E-state index in [4.69, 9.17) is 0 Å². The molecule has 0 aliphatic heterocycles. The predicted molar refractivity (Wildman–Crippen MR) is 66.7 cm³/mol. The Morgan fingerprint density at radius 3 is 2.47 bits per heavy atom. The van der Waals surface area contributed by atoms with E-state index < -0.39 is 0 Å². The van der Waals surface area contributed by atoms with Crippen LogP contribution in [0.2, 0.25) is 0 Å². The fraction of sp³-hybridized carbons (Fsp3) is 0.733. The summed E-state index contributed by atoms with van der Waals surface area (Å²) in [5.74, 6) is 0.648. The lowest BCUT2D eigenvalue weighted by molar-refractivity contribution is 0.180. The van der Waals surface area contributed by atoms with Crippen LogP contribution in [-0.2, 0) is 0 Å². The van der Waals surface area contributed by atoms with Crippen molar-refractivity contribution in [3.63, 3.8) is 0 Å². The molecule has 0 aromatic heterocycles. The molecule has 0 aromatic rings. The zero-order valence-corrected chi connectivity index (χ0v) is 10.7. The molecule has 1 fully saturated rings. The quantitative estimate of drug-likeness (QED) is 0.501. The van der Waals surface area contributed by atoms with Crippen LogP contribution in [0, 0.1) is 16.7 Å². The van der Waals surface area contributed by atoms with Gasteiger partial charge in [-0.3, -0.25) is 0 Å². The Balaban J connectivity index is 2.44. The van der Waals surface area contributed by atoms with E-state index in [1.165, 1.54) is 31.3 Å². The Morgan fingerprint density at radius 1 is 1.20 bits per heavy atom. The van der Waals surface area contributed by atoms with Crippen LogP contribution in [0.15, 0.2) is 23.8 Å². The largest absolute Gasteiger partial charge is 0.0992 e. The molecule has 84 valence electrons. The molecule has 0 N–H and O–H groups in total. The maximum absolute atomic E-state index is 4.32. The van der Waals surface area contributed by atoms with Crippen LogP contribution < -0.4 is 0 Å². The summed E-state index contributed by atoms with van der Waals surface area (Å²) in [6.45, 7) is 14.0. The third-order valence-electron chi connectivity index (χ3n) is 4.51. The summed E-state index contributed by atoms with van der Waals surface area (Å²) < 4.78 is 0. The maximum atomic E-state index is 4.32. The van der Waals surface area contributed by atoms with Crippen molar-refractivity contribution in [1.29, 1.82) is 0 Å². The van der Waals surface area contributed by atoms with Crippen molar-refractivity contribution in [3.8, 4) is 0 Å². The highest BCUT2D eigenvalue weighted by Gasteiger charge is 2.44. The van der Waals surface area contributed by atoms with Crippen LogP contribution >= 0.6 is 0 Å². The van der Waals surface area contributed by atoms with Gasteiger partial charge in [-0.25, -0.2) is 0 Å². The molecule has 0 amide bonds. The summed E-state index contributed by atoms with van der Waals surface area (Å²) in [6, 6.07) is 0. The molecule has 0 saturated heterocycles. The van der Waals surface area contributed by atoms with Gasteiger partial charge in [-0.05, 0) is 36.5 Å². The second kappa shape index (κ2) is 3.23. The van der Waals surface area contributed by atoms with E-state index in [-0.39, 0.29) is 0 Å². The normalized spacial score (nSPS) is 33.2. The first-order chi connectivity index (χ1) is 6.84. The summed E-state index contributed by atoms with van der Waals surface area (Å²) in [7, 11) is 0. The molecule has 2 aliphatic rings. The summed E-state index contributed by atoms with van der Waals surface area (Å²) in [5, 5.41) is 0. The lowest BCUT2D eigenvalue weighted by atomic mass is 9.55. The SMILES string of the molecule is C=C1CCC(C)(C)C2=CCCC(C)(C)C12. The molecular formula is C15H24. The number of rotatable bonds is 0. The van der Waals surface area contributed by atoms with Crippen molar-refractivity contribution in [1.82, 2.24) is 0 Å². The lowest BCUT2D eigenvalue weighted by Gasteiger charge is -2.49. The second-order valence-corrected chi connectivity index (χ2v) is 6.66. The fourth-order valence-corrected chi connectivity index (χ4v) is 3.48. The molecule has 1 saturated carbocycles. The molecule has 0 heteroatoms.